The van der Waals surface area contributed by atoms with Crippen LogP contribution in [0.5, 0.6) is 0 Å². The second-order valence-electron chi connectivity index (χ2n) is 7.18. The van der Waals surface area contributed by atoms with Gasteiger partial charge in [-0.3, -0.25) is 20.0 Å². The number of amides is 2. The van der Waals surface area contributed by atoms with Crippen molar-refractivity contribution in [3.05, 3.63) is 70.2 Å². The zero-order valence-electron chi connectivity index (χ0n) is 16.6. The maximum Gasteiger partial charge on any atom is 0.279 e. The van der Waals surface area contributed by atoms with Gasteiger partial charge in [0.05, 0.1) is 17.9 Å². The molecule has 1 aromatic carbocycles. The van der Waals surface area contributed by atoms with Gasteiger partial charge in [0.1, 0.15) is 11.5 Å². The Morgan fingerprint density at radius 3 is 2.84 bits per heavy atom. The first-order valence-corrected chi connectivity index (χ1v) is 10.5. The maximum atomic E-state index is 13.0. The molecule has 5 rings (SSSR count). The smallest absolute Gasteiger partial charge is 0.279 e. The minimum absolute atomic E-state index is 0.114. The maximum absolute atomic E-state index is 13.0. The summed E-state index contributed by atoms with van der Waals surface area (Å²) in [6.07, 6.45) is 0.621. The molecule has 4 heterocycles. The first kappa shape index (κ1) is 19.2. The van der Waals surface area contributed by atoms with Crippen LogP contribution in [0, 0.1) is 6.92 Å². The van der Waals surface area contributed by atoms with Crippen LogP contribution in [-0.4, -0.2) is 43.6 Å². The molecule has 9 nitrogen and oxygen atoms in total. The van der Waals surface area contributed by atoms with E-state index in [2.05, 4.69) is 25.7 Å². The van der Waals surface area contributed by atoms with Crippen molar-refractivity contribution in [3.8, 4) is 11.3 Å². The quantitative estimate of drug-likeness (QED) is 0.509. The van der Waals surface area contributed by atoms with Crippen molar-refractivity contribution < 1.29 is 14.1 Å². The molecule has 0 radical (unpaired) electrons. The van der Waals surface area contributed by atoms with Crippen molar-refractivity contribution >= 4 is 28.3 Å². The fourth-order valence-electron chi connectivity index (χ4n) is 3.42. The van der Waals surface area contributed by atoms with E-state index in [0.29, 0.717) is 36.1 Å². The van der Waals surface area contributed by atoms with E-state index >= 15 is 0 Å². The number of thiazole rings is 1. The molecule has 31 heavy (non-hydrogen) atoms. The lowest BCUT2D eigenvalue weighted by atomic mass is 10.1. The number of carbonyl (C=O) groups excluding carboxylic acids is 2. The zero-order valence-corrected chi connectivity index (χ0v) is 17.4. The number of fused-ring (bicyclic) bond motifs is 1. The highest BCUT2D eigenvalue weighted by Gasteiger charge is 2.27. The number of aryl methyl sites for hydroxylation is 1. The first-order chi connectivity index (χ1) is 15.1. The van der Waals surface area contributed by atoms with E-state index in [0.717, 1.165) is 21.8 Å². The van der Waals surface area contributed by atoms with Crippen LogP contribution in [-0.2, 0) is 13.0 Å². The third-order valence-electron chi connectivity index (χ3n) is 4.98. The predicted octanol–water partition coefficient (Wildman–Crippen LogP) is 3.28. The van der Waals surface area contributed by atoms with Crippen LogP contribution in [0.3, 0.4) is 0 Å². The molecule has 0 aliphatic carbocycles. The molecule has 2 N–H and O–H groups in total. The SMILES string of the molecule is Cc1cc(C(=O)Nc2nc3c(s2)CN(C(=O)c2cc(-c4ccccc4)n[nH]2)CC3)no1. The van der Waals surface area contributed by atoms with Crippen molar-refractivity contribution in [3.63, 3.8) is 0 Å². The Hall–Kier alpha value is -3.79. The van der Waals surface area contributed by atoms with Gasteiger partial charge in [-0.25, -0.2) is 4.98 Å². The molecule has 0 unspecified atom stereocenters. The van der Waals surface area contributed by atoms with Crippen LogP contribution in [0.4, 0.5) is 5.13 Å². The number of aromatic nitrogens is 4. The molecular weight excluding hydrogens is 416 g/mol. The van der Waals surface area contributed by atoms with Crippen LogP contribution in [0.1, 0.15) is 37.3 Å². The number of nitrogens with one attached hydrogen (secondary N) is 2. The average molecular weight is 434 g/mol. The summed E-state index contributed by atoms with van der Waals surface area (Å²) in [6, 6.07) is 13.0. The number of carbonyl (C=O) groups is 2. The molecule has 0 fully saturated rings. The molecule has 10 heteroatoms. The molecule has 0 atom stereocenters. The van der Waals surface area contributed by atoms with Gasteiger partial charge in [-0.2, -0.15) is 5.10 Å². The van der Waals surface area contributed by atoms with E-state index in [-0.39, 0.29) is 17.5 Å². The number of anilines is 1. The molecule has 1 aliphatic rings. The lowest BCUT2D eigenvalue weighted by Crippen LogP contribution is -2.35. The van der Waals surface area contributed by atoms with Gasteiger partial charge < -0.3 is 9.42 Å². The Bertz CT molecular complexity index is 1260. The van der Waals surface area contributed by atoms with Crippen LogP contribution in [0.25, 0.3) is 11.3 Å². The summed E-state index contributed by atoms with van der Waals surface area (Å²) in [5.74, 6) is 0.0751. The van der Waals surface area contributed by atoms with Crippen molar-refractivity contribution in [2.45, 2.75) is 19.9 Å². The Morgan fingerprint density at radius 2 is 2.06 bits per heavy atom. The highest BCUT2D eigenvalue weighted by Crippen LogP contribution is 2.29. The third kappa shape index (κ3) is 3.84. The molecule has 4 aromatic rings. The van der Waals surface area contributed by atoms with Crippen LogP contribution < -0.4 is 5.32 Å². The van der Waals surface area contributed by atoms with Crippen LogP contribution in [0.15, 0.2) is 47.0 Å². The van der Waals surface area contributed by atoms with Crippen molar-refractivity contribution in [2.24, 2.45) is 0 Å². The molecule has 1 aliphatic heterocycles. The minimum atomic E-state index is -0.373. The van der Waals surface area contributed by atoms with E-state index in [1.807, 2.05) is 30.3 Å². The lowest BCUT2D eigenvalue weighted by Gasteiger charge is -2.25. The topological polar surface area (TPSA) is 117 Å². The summed E-state index contributed by atoms with van der Waals surface area (Å²) in [6.45, 7) is 2.70. The molecule has 3 aromatic heterocycles. The molecule has 0 bridgehead atoms. The Labute approximate surface area is 181 Å². The normalized spacial score (nSPS) is 13.1. The van der Waals surface area contributed by atoms with Crippen LogP contribution >= 0.6 is 11.3 Å². The number of H-pyrrole nitrogens is 1. The molecule has 156 valence electrons. The molecule has 0 saturated heterocycles. The first-order valence-electron chi connectivity index (χ1n) is 9.70. The van der Waals surface area contributed by atoms with Gasteiger partial charge in [-0.05, 0) is 13.0 Å². The zero-order chi connectivity index (χ0) is 21.4. The van der Waals surface area contributed by atoms with Gasteiger partial charge in [-0.1, -0.05) is 46.8 Å². The van der Waals surface area contributed by atoms with Crippen molar-refractivity contribution in [1.29, 1.82) is 0 Å². The summed E-state index contributed by atoms with van der Waals surface area (Å²) >= 11 is 1.36. The second kappa shape index (κ2) is 7.80. The predicted molar refractivity (Wildman–Crippen MR) is 114 cm³/mol. The number of rotatable bonds is 4. The van der Waals surface area contributed by atoms with E-state index in [1.165, 1.54) is 11.3 Å². The number of nitrogens with zero attached hydrogens (tertiary/aromatic N) is 4. The van der Waals surface area contributed by atoms with E-state index in [9.17, 15) is 9.59 Å². The van der Waals surface area contributed by atoms with E-state index < -0.39 is 0 Å². The van der Waals surface area contributed by atoms with E-state index in [1.54, 1.807) is 24.0 Å². The fraction of sp³-hybridized carbons (Fsp3) is 0.190. The highest BCUT2D eigenvalue weighted by atomic mass is 32.1. The molecule has 2 amide bonds. The highest BCUT2D eigenvalue weighted by molar-refractivity contribution is 7.15. The van der Waals surface area contributed by atoms with Gasteiger partial charge in [0.15, 0.2) is 10.8 Å². The third-order valence-corrected chi connectivity index (χ3v) is 5.98. The monoisotopic (exact) mass is 434 g/mol. The van der Waals surface area contributed by atoms with Crippen molar-refractivity contribution in [2.75, 3.05) is 11.9 Å². The Morgan fingerprint density at radius 1 is 1.23 bits per heavy atom. The number of benzene rings is 1. The molecule has 0 saturated carbocycles. The van der Waals surface area contributed by atoms with Gasteiger partial charge in [-0.15, -0.1) is 0 Å². The van der Waals surface area contributed by atoms with Gasteiger partial charge in [0.2, 0.25) is 0 Å². The summed E-state index contributed by atoms with van der Waals surface area (Å²) in [4.78, 5) is 32.5. The average Bonchev–Trinajstić information content (AvgIpc) is 3.52. The van der Waals surface area contributed by atoms with Crippen molar-refractivity contribution in [1.82, 2.24) is 25.2 Å². The second-order valence-corrected chi connectivity index (χ2v) is 8.26. The summed E-state index contributed by atoms with van der Waals surface area (Å²) < 4.78 is 4.94. The number of aromatic amines is 1. The van der Waals surface area contributed by atoms with E-state index in [4.69, 9.17) is 4.52 Å². The molecular formula is C21H18N6O3S. The number of hydrogen-bond acceptors (Lipinski definition) is 7. The van der Waals surface area contributed by atoms with Gasteiger partial charge in [0, 0.05) is 29.5 Å². The number of hydrogen-bond donors (Lipinski definition) is 2. The molecule has 0 spiro atoms. The standard InChI is InChI=1S/C21H18N6O3S/c1-12-9-16(26-30-12)19(28)23-21-22-14-7-8-27(11-18(14)31-21)20(29)17-10-15(24-25-17)13-5-3-2-4-6-13/h2-6,9-10H,7-8,11H2,1H3,(H,24,25)(H,22,23,28). The Kier molecular flexibility index (Phi) is 4.83. The Balaban J connectivity index is 1.28. The summed E-state index contributed by atoms with van der Waals surface area (Å²) in [5, 5.41) is 14.1. The van der Waals surface area contributed by atoms with Gasteiger partial charge >= 0.3 is 0 Å². The lowest BCUT2D eigenvalue weighted by molar-refractivity contribution is 0.0730. The summed E-state index contributed by atoms with van der Waals surface area (Å²) in [5.41, 5.74) is 3.23. The summed E-state index contributed by atoms with van der Waals surface area (Å²) in [7, 11) is 0. The van der Waals surface area contributed by atoms with Gasteiger partial charge in [0.25, 0.3) is 11.8 Å². The minimum Gasteiger partial charge on any atom is -0.361 e. The largest absolute Gasteiger partial charge is 0.361 e. The van der Waals surface area contributed by atoms with Crippen LogP contribution in [0.2, 0.25) is 0 Å². The fourth-order valence-corrected chi connectivity index (χ4v) is 4.43.